The zero-order chi connectivity index (χ0) is 18.6. The van der Waals surface area contributed by atoms with E-state index in [-0.39, 0.29) is 6.10 Å². The van der Waals surface area contributed by atoms with Gasteiger partial charge in [0.2, 0.25) is 0 Å². The molecule has 6 heteroatoms. The Morgan fingerprint density at radius 3 is 2.85 bits per heavy atom. The first-order valence-corrected chi connectivity index (χ1v) is 10.4. The molecule has 3 heterocycles. The Hall–Kier alpha value is -2.02. The van der Waals surface area contributed by atoms with Crippen LogP contribution in [0.5, 0.6) is 0 Å². The molecule has 5 nitrogen and oxygen atoms in total. The lowest BCUT2D eigenvalue weighted by atomic mass is 10.0. The van der Waals surface area contributed by atoms with E-state index in [1.807, 2.05) is 6.07 Å². The molecule has 1 aliphatic rings. The number of ether oxygens (including phenoxy) is 2. The number of piperidine rings is 1. The SMILES string of the molecule is CCOC1CCCN(c2nc(COC)nc3scc(-c4ccccc4)c23)C1. The predicted octanol–water partition coefficient (Wildman–Crippen LogP) is 4.51. The van der Waals surface area contributed by atoms with Crippen LogP contribution in [0.2, 0.25) is 0 Å². The molecule has 0 spiro atoms. The van der Waals surface area contributed by atoms with Gasteiger partial charge in [0, 0.05) is 37.7 Å². The summed E-state index contributed by atoms with van der Waals surface area (Å²) in [6.07, 6.45) is 2.48. The minimum atomic E-state index is 0.262. The zero-order valence-corrected chi connectivity index (χ0v) is 16.7. The van der Waals surface area contributed by atoms with E-state index in [1.54, 1.807) is 18.4 Å². The second-order valence-electron chi connectivity index (χ2n) is 6.76. The summed E-state index contributed by atoms with van der Waals surface area (Å²) < 4.78 is 11.2. The smallest absolute Gasteiger partial charge is 0.158 e. The van der Waals surface area contributed by atoms with Crippen LogP contribution in [-0.4, -0.2) is 42.9 Å². The molecular weight excluding hydrogens is 358 g/mol. The lowest BCUT2D eigenvalue weighted by Crippen LogP contribution is -2.40. The summed E-state index contributed by atoms with van der Waals surface area (Å²) in [6.45, 7) is 5.10. The summed E-state index contributed by atoms with van der Waals surface area (Å²) >= 11 is 1.67. The minimum absolute atomic E-state index is 0.262. The molecule has 3 aromatic rings. The van der Waals surface area contributed by atoms with E-state index in [2.05, 4.69) is 41.5 Å². The topological polar surface area (TPSA) is 47.5 Å². The number of methoxy groups -OCH3 is 1. The molecular formula is C21H25N3O2S. The summed E-state index contributed by atoms with van der Waals surface area (Å²) in [5, 5.41) is 3.34. The van der Waals surface area contributed by atoms with Crippen molar-refractivity contribution < 1.29 is 9.47 Å². The number of benzene rings is 1. The molecule has 0 N–H and O–H groups in total. The van der Waals surface area contributed by atoms with Gasteiger partial charge in [0.25, 0.3) is 0 Å². The summed E-state index contributed by atoms with van der Waals surface area (Å²) in [5.74, 6) is 1.75. The van der Waals surface area contributed by atoms with Gasteiger partial charge in [-0.25, -0.2) is 9.97 Å². The molecule has 0 amide bonds. The second kappa shape index (κ2) is 8.33. The molecule has 0 aliphatic carbocycles. The van der Waals surface area contributed by atoms with Crippen molar-refractivity contribution >= 4 is 27.4 Å². The molecule has 142 valence electrons. The van der Waals surface area contributed by atoms with Gasteiger partial charge in [0.05, 0.1) is 11.5 Å². The highest BCUT2D eigenvalue weighted by molar-refractivity contribution is 7.17. The van der Waals surface area contributed by atoms with Crippen LogP contribution < -0.4 is 4.90 Å². The first kappa shape index (κ1) is 18.3. The summed E-state index contributed by atoms with van der Waals surface area (Å²) in [7, 11) is 1.68. The van der Waals surface area contributed by atoms with Crippen LogP contribution in [0.15, 0.2) is 35.7 Å². The van der Waals surface area contributed by atoms with Gasteiger partial charge in [-0.15, -0.1) is 11.3 Å². The van der Waals surface area contributed by atoms with Gasteiger partial charge in [-0.1, -0.05) is 30.3 Å². The van der Waals surface area contributed by atoms with E-state index in [1.165, 1.54) is 11.1 Å². The molecule has 0 saturated carbocycles. The van der Waals surface area contributed by atoms with E-state index >= 15 is 0 Å². The maximum Gasteiger partial charge on any atom is 0.158 e. The van der Waals surface area contributed by atoms with Gasteiger partial charge in [-0.2, -0.15) is 0 Å². The Kier molecular flexibility index (Phi) is 5.66. The lowest BCUT2D eigenvalue weighted by molar-refractivity contribution is 0.0525. The summed E-state index contributed by atoms with van der Waals surface area (Å²) in [6, 6.07) is 10.5. The van der Waals surface area contributed by atoms with Crippen LogP contribution >= 0.6 is 11.3 Å². The van der Waals surface area contributed by atoms with Crippen LogP contribution in [0.1, 0.15) is 25.6 Å². The molecule has 1 saturated heterocycles. The first-order valence-electron chi connectivity index (χ1n) is 9.49. The average molecular weight is 384 g/mol. The highest BCUT2D eigenvalue weighted by Gasteiger charge is 2.25. The van der Waals surface area contributed by atoms with Crippen molar-refractivity contribution in [3.63, 3.8) is 0 Å². The fourth-order valence-electron chi connectivity index (χ4n) is 3.72. The van der Waals surface area contributed by atoms with Crippen LogP contribution in [0.25, 0.3) is 21.3 Å². The fourth-order valence-corrected chi connectivity index (χ4v) is 4.68. The molecule has 1 fully saturated rings. The third-order valence-electron chi connectivity index (χ3n) is 4.90. The lowest BCUT2D eigenvalue weighted by Gasteiger charge is -2.34. The van der Waals surface area contributed by atoms with Gasteiger partial charge < -0.3 is 14.4 Å². The molecule has 4 rings (SSSR count). The van der Waals surface area contributed by atoms with E-state index in [0.29, 0.717) is 6.61 Å². The van der Waals surface area contributed by atoms with Gasteiger partial charge in [-0.05, 0) is 25.3 Å². The molecule has 1 aliphatic heterocycles. The van der Waals surface area contributed by atoms with E-state index in [9.17, 15) is 0 Å². The predicted molar refractivity (Wildman–Crippen MR) is 110 cm³/mol. The standard InChI is InChI=1S/C21H25N3O2S/c1-3-26-16-10-7-11-24(12-16)20-19-17(15-8-5-4-6-9-15)14-27-21(19)23-18(22-20)13-25-2/h4-6,8-9,14,16H,3,7,10-13H2,1-2H3. The number of aromatic nitrogens is 2. The number of anilines is 1. The van der Waals surface area contributed by atoms with Gasteiger partial charge in [0.15, 0.2) is 5.82 Å². The van der Waals surface area contributed by atoms with Crippen LogP contribution in [0.3, 0.4) is 0 Å². The molecule has 27 heavy (non-hydrogen) atoms. The van der Waals surface area contributed by atoms with Crippen molar-refractivity contribution in [1.82, 2.24) is 9.97 Å². The number of fused-ring (bicyclic) bond motifs is 1. The van der Waals surface area contributed by atoms with E-state index in [4.69, 9.17) is 19.4 Å². The Balaban J connectivity index is 1.82. The zero-order valence-electron chi connectivity index (χ0n) is 15.9. The van der Waals surface area contributed by atoms with Gasteiger partial charge >= 0.3 is 0 Å². The normalized spacial score (nSPS) is 17.6. The largest absolute Gasteiger partial charge is 0.377 e. The third-order valence-corrected chi connectivity index (χ3v) is 5.77. The van der Waals surface area contributed by atoms with Crippen molar-refractivity contribution in [2.24, 2.45) is 0 Å². The monoisotopic (exact) mass is 383 g/mol. The fraction of sp³-hybridized carbons (Fsp3) is 0.429. The van der Waals surface area contributed by atoms with Crippen molar-refractivity contribution in [2.45, 2.75) is 32.5 Å². The van der Waals surface area contributed by atoms with Gasteiger partial charge in [0.1, 0.15) is 17.3 Å². The number of hydrogen-bond acceptors (Lipinski definition) is 6. The highest BCUT2D eigenvalue weighted by atomic mass is 32.1. The number of hydrogen-bond donors (Lipinski definition) is 0. The van der Waals surface area contributed by atoms with Crippen molar-refractivity contribution in [3.8, 4) is 11.1 Å². The minimum Gasteiger partial charge on any atom is -0.377 e. The molecule has 2 aromatic heterocycles. The molecule has 1 aromatic carbocycles. The first-order chi connectivity index (χ1) is 13.3. The quantitative estimate of drug-likeness (QED) is 0.627. The van der Waals surface area contributed by atoms with Crippen molar-refractivity contribution in [2.75, 3.05) is 31.7 Å². The van der Waals surface area contributed by atoms with Gasteiger partial charge in [-0.3, -0.25) is 0 Å². The Labute approximate surface area is 164 Å². The van der Waals surface area contributed by atoms with Crippen molar-refractivity contribution in [1.29, 1.82) is 0 Å². The average Bonchev–Trinajstić information content (AvgIpc) is 3.13. The maximum absolute atomic E-state index is 5.91. The van der Waals surface area contributed by atoms with E-state index in [0.717, 1.165) is 54.4 Å². The number of thiophene rings is 1. The Morgan fingerprint density at radius 1 is 1.22 bits per heavy atom. The van der Waals surface area contributed by atoms with Crippen LogP contribution in [0.4, 0.5) is 5.82 Å². The van der Waals surface area contributed by atoms with Crippen molar-refractivity contribution in [3.05, 3.63) is 41.5 Å². The maximum atomic E-state index is 5.91. The summed E-state index contributed by atoms with van der Waals surface area (Å²) in [4.78, 5) is 13.0. The molecule has 0 bridgehead atoms. The molecule has 1 atom stereocenters. The Morgan fingerprint density at radius 2 is 2.07 bits per heavy atom. The van der Waals surface area contributed by atoms with E-state index < -0.39 is 0 Å². The number of rotatable bonds is 6. The van der Waals surface area contributed by atoms with Crippen LogP contribution in [0, 0.1) is 0 Å². The highest BCUT2D eigenvalue weighted by Crippen LogP contribution is 2.39. The molecule has 0 radical (unpaired) electrons. The third kappa shape index (κ3) is 3.83. The number of nitrogens with zero attached hydrogens (tertiary/aromatic N) is 3. The Bertz CT molecular complexity index is 895. The molecule has 1 unspecified atom stereocenters. The van der Waals surface area contributed by atoms with Crippen LogP contribution in [-0.2, 0) is 16.1 Å². The summed E-state index contributed by atoms with van der Waals surface area (Å²) in [5.41, 5.74) is 2.40. The second-order valence-corrected chi connectivity index (χ2v) is 7.62.